The quantitative estimate of drug-likeness (QED) is 0.797. The van der Waals surface area contributed by atoms with Crippen molar-refractivity contribution >= 4 is 17.4 Å². The highest BCUT2D eigenvalue weighted by Crippen LogP contribution is 2.30. The van der Waals surface area contributed by atoms with Gasteiger partial charge in [0.2, 0.25) is 0 Å². The summed E-state index contributed by atoms with van der Waals surface area (Å²) in [6.07, 6.45) is 1.85. The molecule has 3 aromatic rings. The first kappa shape index (κ1) is 12.2. The van der Waals surface area contributed by atoms with E-state index in [9.17, 15) is 9.50 Å². The van der Waals surface area contributed by atoms with Crippen molar-refractivity contribution in [1.82, 2.24) is 9.38 Å². The lowest BCUT2D eigenvalue weighted by molar-refractivity contribution is 0.272. The first-order chi connectivity index (χ1) is 9.28. The smallest absolute Gasteiger partial charge is 0.138 e. The molecule has 0 aliphatic carbocycles. The van der Waals surface area contributed by atoms with E-state index >= 15 is 0 Å². The number of imidazole rings is 1. The van der Waals surface area contributed by atoms with E-state index in [0.29, 0.717) is 10.7 Å². The maximum absolute atomic E-state index is 13.2. The highest BCUT2D eigenvalue weighted by molar-refractivity contribution is 7.99. The minimum Gasteiger partial charge on any atom is -0.390 e. The number of pyridine rings is 1. The molecule has 0 aliphatic heterocycles. The van der Waals surface area contributed by atoms with Gasteiger partial charge in [0.1, 0.15) is 16.5 Å². The number of aliphatic hydroxyl groups excluding tert-OH is 1. The SMILES string of the molecule is OCc1c(Sc2cccc(F)c2)nc2ccccn12. The molecule has 1 aromatic carbocycles. The molecule has 2 heterocycles. The summed E-state index contributed by atoms with van der Waals surface area (Å²) >= 11 is 1.35. The van der Waals surface area contributed by atoms with Crippen molar-refractivity contribution in [2.24, 2.45) is 0 Å². The first-order valence-electron chi connectivity index (χ1n) is 5.78. The third kappa shape index (κ3) is 2.34. The normalized spacial score (nSPS) is 11.1. The molecule has 0 fully saturated rings. The predicted molar refractivity (Wildman–Crippen MR) is 71.6 cm³/mol. The fourth-order valence-electron chi connectivity index (χ4n) is 1.89. The van der Waals surface area contributed by atoms with Crippen molar-refractivity contribution in [1.29, 1.82) is 0 Å². The number of halogens is 1. The molecular weight excluding hydrogens is 263 g/mol. The third-order valence-electron chi connectivity index (χ3n) is 2.75. The van der Waals surface area contributed by atoms with Crippen LogP contribution < -0.4 is 0 Å². The molecule has 1 N–H and O–H groups in total. The zero-order valence-corrected chi connectivity index (χ0v) is 10.8. The molecule has 19 heavy (non-hydrogen) atoms. The van der Waals surface area contributed by atoms with Crippen molar-refractivity contribution in [3.63, 3.8) is 0 Å². The molecule has 0 aliphatic rings. The summed E-state index contributed by atoms with van der Waals surface area (Å²) in [4.78, 5) is 5.21. The van der Waals surface area contributed by atoms with Gasteiger partial charge in [-0.15, -0.1) is 0 Å². The van der Waals surface area contributed by atoms with E-state index in [1.807, 2.05) is 34.9 Å². The van der Waals surface area contributed by atoms with E-state index in [1.54, 1.807) is 6.07 Å². The number of nitrogens with zero attached hydrogens (tertiary/aromatic N) is 2. The van der Waals surface area contributed by atoms with Gasteiger partial charge in [0.15, 0.2) is 0 Å². The average Bonchev–Trinajstić information content (AvgIpc) is 2.75. The molecule has 0 saturated carbocycles. The van der Waals surface area contributed by atoms with Gasteiger partial charge in [0, 0.05) is 11.1 Å². The Morgan fingerprint density at radius 2 is 2.11 bits per heavy atom. The van der Waals surface area contributed by atoms with Gasteiger partial charge in [-0.25, -0.2) is 9.37 Å². The second-order valence-corrected chi connectivity index (χ2v) is 5.07. The highest BCUT2D eigenvalue weighted by atomic mass is 32.2. The molecule has 0 atom stereocenters. The molecule has 3 rings (SSSR count). The molecule has 0 amide bonds. The highest BCUT2D eigenvalue weighted by Gasteiger charge is 2.12. The monoisotopic (exact) mass is 274 g/mol. The van der Waals surface area contributed by atoms with Crippen LogP contribution in [-0.4, -0.2) is 14.5 Å². The third-order valence-corrected chi connectivity index (χ3v) is 3.76. The minimum absolute atomic E-state index is 0.108. The van der Waals surface area contributed by atoms with E-state index in [2.05, 4.69) is 4.98 Å². The molecule has 0 saturated heterocycles. The van der Waals surface area contributed by atoms with E-state index in [0.717, 1.165) is 10.5 Å². The molecule has 5 heteroatoms. The van der Waals surface area contributed by atoms with Crippen LogP contribution >= 0.6 is 11.8 Å². The molecule has 0 bridgehead atoms. The number of fused-ring (bicyclic) bond motifs is 1. The fourth-order valence-corrected chi connectivity index (χ4v) is 2.85. The lowest BCUT2D eigenvalue weighted by Crippen LogP contribution is -1.92. The van der Waals surface area contributed by atoms with Crippen molar-refractivity contribution in [3.8, 4) is 0 Å². The zero-order valence-electron chi connectivity index (χ0n) is 9.95. The molecular formula is C14H11FN2OS. The van der Waals surface area contributed by atoms with Crippen LogP contribution in [-0.2, 0) is 6.61 Å². The number of aliphatic hydroxyl groups is 1. The van der Waals surface area contributed by atoms with Gasteiger partial charge < -0.3 is 9.51 Å². The Morgan fingerprint density at radius 1 is 1.21 bits per heavy atom. The van der Waals surface area contributed by atoms with Crippen LogP contribution in [0.3, 0.4) is 0 Å². The van der Waals surface area contributed by atoms with Crippen LogP contribution in [0.15, 0.2) is 58.6 Å². The number of hydrogen-bond acceptors (Lipinski definition) is 3. The van der Waals surface area contributed by atoms with Crippen LogP contribution in [0.4, 0.5) is 4.39 Å². The minimum atomic E-state index is -0.278. The van der Waals surface area contributed by atoms with E-state index < -0.39 is 0 Å². The van der Waals surface area contributed by atoms with E-state index in [-0.39, 0.29) is 12.4 Å². The van der Waals surface area contributed by atoms with Gasteiger partial charge >= 0.3 is 0 Å². The van der Waals surface area contributed by atoms with Gasteiger partial charge in [-0.3, -0.25) is 0 Å². The molecule has 0 unspecified atom stereocenters. The lowest BCUT2D eigenvalue weighted by atomic mass is 10.4. The van der Waals surface area contributed by atoms with Gasteiger partial charge in [0.25, 0.3) is 0 Å². The van der Waals surface area contributed by atoms with Gasteiger partial charge in [-0.1, -0.05) is 23.9 Å². The summed E-state index contributed by atoms with van der Waals surface area (Å²) in [6, 6.07) is 12.0. The zero-order chi connectivity index (χ0) is 13.2. The second kappa shape index (κ2) is 5.03. The maximum atomic E-state index is 13.2. The van der Waals surface area contributed by atoms with E-state index in [1.165, 1.54) is 23.9 Å². The summed E-state index contributed by atoms with van der Waals surface area (Å²) in [5.74, 6) is -0.278. The lowest BCUT2D eigenvalue weighted by Gasteiger charge is -2.01. The summed E-state index contributed by atoms with van der Waals surface area (Å²) in [7, 11) is 0. The van der Waals surface area contributed by atoms with Crippen molar-refractivity contribution in [2.75, 3.05) is 0 Å². The maximum Gasteiger partial charge on any atom is 0.138 e. The number of hydrogen-bond donors (Lipinski definition) is 1. The first-order valence-corrected chi connectivity index (χ1v) is 6.60. The van der Waals surface area contributed by atoms with Crippen LogP contribution in [0, 0.1) is 5.82 Å². The van der Waals surface area contributed by atoms with Crippen molar-refractivity contribution < 1.29 is 9.50 Å². The standard InChI is InChI=1S/C14H11FN2OS/c15-10-4-3-5-11(8-10)19-14-12(9-18)17-7-2-1-6-13(17)16-14/h1-8,18H,9H2. The molecule has 2 aromatic heterocycles. The van der Waals surface area contributed by atoms with Crippen LogP contribution in [0.2, 0.25) is 0 Å². The Morgan fingerprint density at radius 3 is 2.89 bits per heavy atom. The molecule has 0 spiro atoms. The largest absolute Gasteiger partial charge is 0.390 e. The Kier molecular flexibility index (Phi) is 3.23. The van der Waals surface area contributed by atoms with Crippen molar-refractivity contribution in [2.45, 2.75) is 16.5 Å². The summed E-state index contributed by atoms with van der Waals surface area (Å²) in [6.45, 7) is -0.108. The second-order valence-electron chi connectivity index (χ2n) is 4.01. The number of rotatable bonds is 3. The summed E-state index contributed by atoms with van der Waals surface area (Å²) < 4.78 is 15.0. The molecule has 96 valence electrons. The summed E-state index contributed by atoms with van der Waals surface area (Å²) in [5.41, 5.74) is 1.48. The Bertz CT molecular complexity index is 726. The average molecular weight is 274 g/mol. The summed E-state index contributed by atoms with van der Waals surface area (Å²) in [5, 5.41) is 10.2. The molecule has 3 nitrogen and oxygen atoms in total. The fraction of sp³-hybridized carbons (Fsp3) is 0.0714. The Labute approximate surface area is 113 Å². The van der Waals surface area contributed by atoms with Gasteiger partial charge in [0.05, 0.1) is 12.3 Å². The van der Waals surface area contributed by atoms with Crippen molar-refractivity contribution in [3.05, 3.63) is 60.2 Å². The van der Waals surface area contributed by atoms with Gasteiger partial charge in [-0.2, -0.15) is 0 Å². The van der Waals surface area contributed by atoms with Crippen LogP contribution in [0.5, 0.6) is 0 Å². The topological polar surface area (TPSA) is 37.5 Å². The number of aromatic nitrogens is 2. The molecule has 0 radical (unpaired) electrons. The van der Waals surface area contributed by atoms with Crippen LogP contribution in [0.1, 0.15) is 5.69 Å². The van der Waals surface area contributed by atoms with Crippen LogP contribution in [0.25, 0.3) is 5.65 Å². The van der Waals surface area contributed by atoms with Gasteiger partial charge in [-0.05, 0) is 30.3 Å². The predicted octanol–water partition coefficient (Wildman–Crippen LogP) is 3.12. The Hall–Kier alpha value is -1.85. The Balaban J connectivity index is 2.05. The number of benzene rings is 1. The van der Waals surface area contributed by atoms with E-state index in [4.69, 9.17) is 0 Å².